The SMILES string of the molecule is CCOC(=O)C(N)Cc1cc(Br)cc(F)c1O. The van der Waals surface area contributed by atoms with E-state index < -0.39 is 23.6 Å². The van der Waals surface area contributed by atoms with Crippen molar-refractivity contribution >= 4 is 21.9 Å². The molecule has 0 bridgehead atoms. The zero-order chi connectivity index (χ0) is 13.0. The van der Waals surface area contributed by atoms with Crippen molar-refractivity contribution in [1.29, 1.82) is 0 Å². The van der Waals surface area contributed by atoms with E-state index >= 15 is 0 Å². The van der Waals surface area contributed by atoms with Crippen LogP contribution in [0.1, 0.15) is 12.5 Å². The number of halogens is 2. The first-order chi connectivity index (χ1) is 7.95. The number of benzene rings is 1. The Hall–Kier alpha value is -1.14. The van der Waals surface area contributed by atoms with Crippen LogP contribution in [0.4, 0.5) is 4.39 Å². The highest BCUT2D eigenvalue weighted by Gasteiger charge is 2.18. The molecule has 0 aliphatic carbocycles. The number of carbonyl (C=O) groups is 1. The van der Waals surface area contributed by atoms with Crippen molar-refractivity contribution in [2.75, 3.05) is 6.61 Å². The van der Waals surface area contributed by atoms with Crippen LogP contribution in [0.5, 0.6) is 5.75 Å². The first-order valence-electron chi connectivity index (χ1n) is 5.04. The molecule has 17 heavy (non-hydrogen) atoms. The van der Waals surface area contributed by atoms with Gasteiger partial charge in [0.05, 0.1) is 6.61 Å². The van der Waals surface area contributed by atoms with E-state index in [0.717, 1.165) is 6.07 Å². The highest BCUT2D eigenvalue weighted by atomic mass is 79.9. The lowest BCUT2D eigenvalue weighted by molar-refractivity contribution is -0.144. The third kappa shape index (κ3) is 3.67. The summed E-state index contributed by atoms with van der Waals surface area (Å²) in [6.07, 6.45) is 0.0149. The van der Waals surface area contributed by atoms with Gasteiger partial charge in [0, 0.05) is 16.5 Å². The zero-order valence-electron chi connectivity index (χ0n) is 9.24. The fourth-order valence-electron chi connectivity index (χ4n) is 1.34. The Morgan fingerprint density at radius 2 is 2.29 bits per heavy atom. The van der Waals surface area contributed by atoms with E-state index in [1.54, 1.807) is 6.92 Å². The van der Waals surface area contributed by atoms with E-state index in [2.05, 4.69) is 15.9 Å². The Morgan fingerprint density at radius 3 is 2.88 bits per heavy atom. The highest BCUT2D eigenvalue weighted by molar-refractivity contribution is 9.10. The average Bonchev–Trinajstić information content (AvgIpc) is 2.25. The van der Waals surface area contributed by atoms with Gasteiger partial charge in [-0.15, -0.1) is 0 Å². The normalized spacial score (nSPS) is 12.2. The van der Waals surface area contributed by atoms with Crippen LogP contribution >= 0.6 is 15.9 Å². The molecule has 1 unspecified atom stereocenters. The van der Waals surface area contributed by atoms with Crippen molar-refractivity contribution in [3.05, 3.63) is 28.0 Å². The van der Waals surface area contributed by atoms with Crippen LogP contribution in [0.15, 0.2) is 16.6 Å². The van der Waals surface area contributed by atoms with E-state index in [1.165, 1.54) is 6.07 Å². The Labute approximate surface area is 107 Å². The number of phenolic OH excluding ortho intramolecular Hbond substituents is 1. The highest BCUT2D eigenvalue weighted by Crippen LogP contribution is 2.26. The van der Waals surface area contributed by atoms with Crippen molar-refractivity contribution in [3.8, 4) is 5.75 Å². The number of ether oxygens (including phenoxy) is 1. The molecule has 0 radical (unpaired) electrons. The lowest BCUT2D eigenvalue weighted by Gasteiger charge is -2.12. The third-order valence-electron chi connectivity index (χ3n) is 2.14. The van der Waals surface area contributed by atoms with Gasteiger partial charge in [-0.1, -0.05) is 15.9 Å². The first-order valence-corrected chi connectivity index (χ1v) is 5.84. The average molecular weight is 306 g/mol. The minimum Gasteiger partial charge on any atom is -0.505 e. The van der Waals surface area contributed by atoms with Gasteiger partial charge in [0.1, 0.15) is 6.04 Å². The van der Waals surface area contributed by atoms with Crippen molar-refractivity contribution in [2.45, 2.75) is 19.4 Å². The van der Waals surface area contributed by atoms with Gasteiger partial charge in [0.2, 0.25) is 0 Å². The van der Waals surface area contributed by atoms with Crippen LogP contribution in [0.2, 0.25) is 0 Å². The Kier molecular flexibility index (Phi) is 4.89. The summed E-state index contributed by atoms with van der Waals surface area (Å²) < 4.78 is 18.4. The Balaban J connectivity index is 2.84. The predicted octanol–water partition coefficient (Wildman–Crippen LogP) is 1.73. The van der Waals surface area contributed by atoms with E-state index in [-0.39, 0.29) is 18.6 Å². The lowest BCUT2D eigenvalue weighted by Crippen LogP contribution is -2.34. The summed E-state index contributed by atoms with van der Waals surface area (Å²) in [5.74, 6) is -1.83. The molecule has 0 saturated carbocycles. The number of hydrogen-bond donors (Lipinski definition) is 2. The van der Waals surface area contributed by atoms with E-state index in [9.17, 15) is 14.3 Å². The van der Waals surface area contributed by atoms with Crippen LogP contribution in [-0.2, 0) is 16.0 Å². The van der Waals surface area contributed by atoms with Crippen molar-refractivity contribution in [1.82, 2.24) is 0 Å². The topological polar surface area (TPSA) is 72.5 Å². The maximum atomic E-state index is 13.2. The minimum absolute atomic E-state index is 0.0149. The summed E-state index contributed by atoms with van der Waals surface area (Å²) in [5.41, 5.74) is 5.84. The molecular weight excluding hydrogens is 293 g/mol. The van der Waals surface area contributed by atoms with Crippen LogP contribution in [0.25, 0.3) is 0 Å². The summed E-state index contributed by atoms with van der Waals surface area (Å²) >= 11 is 3.10. The number of phenols is 1. The zero-order valence-corrected chi connectivity index (χ0v) is 10.8. The molecule has 0 spiro atoms. The molecule has 0 saturated heterocycles. The van der Waals surface area contributed by atoms with Gasteiger partial charge in [0.25, 0.3) is 0 Å². The van der Waals surface area contributed by atoms with Crippen molar-refractivity contribution in [2.24, 2.45) is 5.73 Å². The van der Waals surface area contributed by atoms with E-state index in [1.807, 2.05) is 0 Å². The van der Waals surface area contributed by atoms with Gasteiger partial charge < -0.3 is 15.6 Å². The number of carbonyl (C=O) groups excluding carboxylic acids is 1. The Bertz CT molecular complexity index is 425. The predicted molar refractivity (Wildman–Crippen MR) is 64.1 cm³/mol. The largest absolute Gasteiger partial charge is 0.505 e. The van der Waals surface area contributed by atoms with Crippen molar-refractivity contribution < 1.29 is 19.0 Å². The molecule has 1 aromatic rings. The van der Waals surface area contributed by atoms with Gasteiger partial charge >= 0.3 is 5.97 Å². The summed E-state index contributed by atoms with van der Waals surface area (Å²) in [5, 5.41) is 9.48. The summed E-state index contributed by atoms with van der Waals surface area (Å²) in [6.45, 7) is 1.90. The van der Waals surface area contributed by atoms with Crippen LogP contribution in [-0.4, -0.2) is 23.7 Å². The number of aromatic hydroxyl groups is 1. The fourth-order valence-corrected chi connectivity index (χ4v) is 1.82. The van der Waals surface area contributed by atoms with Crippen molar-refractivity contribution in [3.63, 3.8) is 0 Å². The molecule has 0 aromatic heterocycles. The summed E-state index contributed by atoms with van der Waals surface area (Å²) in [6, 6.07) is 1.72. The quantitative estimate of drug-likeness (QED) is 0.831. The number of hydrogen-bond acceptors (Lipinski definition) is 4. The molecule has 0 fully saturated rings. The second-order valence-corrected chi connectivity index (χ2v) is 4.37. The maximum absolute atomic E-state index is 13.2. The maximum Gasteiger partial charge on any atom is 0.323 e. The standard InChI is InChI=1S/C11H13BrFNO3/c1-2-17-11(16)9(14)4-6-3-7(12)5-8(13)10(6)15/h3,5,9,15H,2,4,14H2,1H3. The summed E-state index contributed by atoms with van der Waals surface area (Å²) in [7, 11) is 0. The molecular formula is C11H13BrFNO3. The first kappa shape index (κ1) is 13.9. The number of esters is 1. The third-order valence-corrected chi connectivity index (χ3v) is 2.59. The van der Waals surface area contributed by atoms with Gasteiger partial charge in [-0.05, 0) is 19.1 Å². The van der Waals surface area contributed by atoms with Gasteiger partial charge in [-0.3, -0.25) is 4.79 Å². The molecule has 0 aliphatic heterocycles. The molecule has 1 aromatic carbocycles. The minimum atomic E-state index is -0.922. The summed E-state index contributed by atoms with van der Waals surface area (Å²) in [4.78, 5) is 11.3. The van der Waals surface area contributed by atoms with Gasteiger partial charge in [-0.25, -0.2) is 4.39 Å². The molecule has 1 atom stereocenters. The van der Waals surface area contributed by atoms with Crippen LogP contribution in [0, 0.1) is 5.82 Å². The number of nitrogens with two attached hydrogens (primary N) is 1. The van der Waals surface area contributed by atoms with Crippen LogP contribution < -0.4 is 5.73 Å². The van der Waals surface area contributed by atoms with Gasteiger partial charge in [-0.2, -0.15) is 0 Å². The monoisotopic (exact) mass is 305 g/mol. The Morgan fingerprint density at radius 1 is 1.65 bits per heavy atom. The van der Waals surface area contributed by atoms with Crippen LogP contribution in [0.3, 0.4) is 0 Å². The van der Waals surface area contributed by atoms with Gasteiger partial charge in [0.15, 0.2) is 11.6 Å². The molecule has 94 valence electrons. The molecule has 0 amide bonds. The number of rotatable bonds is 4. The second-order valence-electron chi connectivity index (χ2n) is 3.46. The molecule has 6 heteroatoms. The smallest absolute Gasteiger partial charge is 0.323 e. The lowest BCUT2D eigenvalue weighted by atomic mass is 10.1. The fraction of sp³-hybridized carbons (Fsp3) is 0.364. The molecule has 0 aliphatic rings. The molecule has 0 heterocycles. The van der Waals surface area contributed by atoms with E-state index in [0.29, 0.717) is 4.47 Å². The molecule has 3 N–H and O–H groups in total. The molecule has 4 nitrogen and oxygen atoms in total. The second kappa shape index (κ2) is 5.97. The van der Waals surface area contributed by atoms with E-state index in [4.69, 9.17) is 10.5 Å². The molecule has 1 rings (SSSR count).